The molecule has 1 rings (SSSR count). The van der Waals surface area contributed by atoms with Crippen LogP contribution in [0.4, 0.5) is 0 Å². The number of rotatable bonds is 3. The first-order valence-electron chi connectivity index (χ1n) is 5.00. The van der Waals surface area contributed by atoms with E-state index in [1.165, 1.54) is 20.3 Å². The smallest absolute Gasteiger partial charge is 0.341 e. The van der Waals surface area contributed by atoms with Gasteiger partial charge in [0.15, 0.2) is 0 Å². The van der Waals surface area contributed by atoms with Gasteiger partial charge in [0.1, 0.15) is 17.1 Å². The van der Waals surface area contributed by atoms with E-state index in [4.69, 9.17) is 4.74 Å². The van der Waals surface area contributed by atoms with Crippen LogP contribution in [0.15, 0.2) is 12.1 Å². The van der Waals surface area contributed by atoms with Crippen LogP contribution in [-0.4, -0.2) is 25.3 Å². The van der Waals surface area contributed by atoms with Crippen molar-refractivity contribution in [3.63, 3.8) is 0 Å². The number of hydrogen-bond acceptors (Lipinski definition) is 4. The molecular formula is C12H16O4. The number of carbonyl (C=O) groups is 1. The van der Waals surface area contributed by atoms with Gasteiger partial charge in [-0.3, -0.25) is 0 Å². The molecule has 1 N–H and O–H groups in total. The fourth-order valence-electron chi connectivity index (χ4n) is 1.49. The number of ether oxygens (including phenoxy) is 2. The molecule has 0 spiro atoms. The van der Waals surface area contributed by atoms with Gasteiger partial charge in [-0.05, 0) is 17.5 Å². The van der Waals surface area contributed by atoms with E-state index in [0.717, 1.165) is 0 Å². The first-order valence-corrected chi connectivity index (χ1v) is 5.00. The van der Waals surface area contributed by atoms with Crippen LogP contribution in [0.1, 0.15) is 35.7 Å². The van der Waals surface area contributed by atoms with Crippen LogP contribution in [0.25, 0.3) is 0 Å². The molecule has 0 aliphatic heterocycles. The molecule has 1 aromatic carbocycles. The van der Waals surface area contributed by atoms with E-state index < -0.39 is 5.97 Å². The summed E-state index contributed by atoms with van der Waals surface area (Å²) in [6, 6.07) is 3.03. The minimum atomic E-state index is -0.473. The average molecular weight is 224 g/mol. The monoisotopic (exact) mass is 224 g/mol. The Morgan fingerprint density at radius 1 is 1.31 bits per heavy atom. The van der Waals surface area contributed by atoms with Crippen LogP contribution in [0.3, 0.4) is 0 Å². The zero-order valence-corrected chi connectivity index (χ0v) is 9.90. The van der Waals surface area contributed by atoms with Crippen molar-refractivity contribution < 1.29 is 19.4 Å². The maximum absolute atomic E-state index is 11.5. The Bertz CT molecular complexity index is 396. The molecule has 0 heterocycles. The lowest BCUT2D eigenvalue weighted by molar-refractivity contribution is 0.0597. The fraction of sp³-hybridized carbons (Fsp3) is 0.417. The van der Waals surface area contributed by atoms with Crippen LogP contribution < -0.4 is 4.74 Å². The molecule has 4 heteroatoms. The third kappa shape index (κ3) is 2.27. The number of phenolic OH excluding ortho intramolecular Hbond substituents is 1. The molecule has 1 aromatic rings. The Kier molecular flexibility index (Phi) is 3.77. The summed E-state index contributed by atoms with van der Waals surface area (Å²) >= 11 is 0. The highest BCUT2D eigenvalue weighted by molar-refractivity contribution is 5.93. The molecule has 16 heavy (non-hydrogen) atoms. The maximum Gasteiger partial charge on any atom is 0.341 e. The summed E-state index contributed by atoms with van der Waals surface area (Å²) in [4.78, 5) is 11.5. The van der Waals surface area contributed by atoms with Gasteiger partial charge < -0.3 is 14.6 Å². The second-order valence-electron chi connectivity index (χ2n) is 3.76. The van der Waals surface area contributed by atoms with Crippen molar-refractivity contribution in [3.8, 4) is 11.5 Å². The number of carbonyl (C=O) groups excluding carboxylic acids is 1. The molecule has 0 aromatic heterocycles. The average Bonchev–Trinajstić information content (AvgIpc) is 2.27. The summed E-state index contributed by atoms with van der Waals surface area (Å²) in [6.45, 7) is 3.87. The standard InChI is InChI=1S/C12H16O4/c1-7(2)8-5-9(12(14)16-4)11(15-3)6-10(8)13/h5-7,13H,1-4H3. The highest BCUT2D eigenvalue weighted by Gasteiger charge is 2.17. The van der Waals surface area contributed by atoms with Crippen molar-refractivity contribution in [3.05, 3.63) is 23.3 Å². The van der Waals surface area contributed by atoms with Crippen LogP contribution in [0.5, 0.6) is 11.5 Å². The van der Waals surface area contributed by atoms with E-state index in [2.05, 4.69) is 4.74 Å². The predicted octanol–water partition coefficient (Wildman–Crippen LogP) is 2.31. The zero-order valence-electron chi connectivity index (χ0n) is 9.90. The predicted molar refractivity (Wildman–Crippen MR) is 60.1 cm³/mol. The SMILES string of the molecule is COC(=O)c1cc(C(C)C)c(O)cc1OC. The van der Waals surface area contributed by atoms with Gasteiger partial charge in [-0.2, -0.15) is 0 Å². The summed E-state index contributed by atoms with van der Waals surface area (Å²) < 4.78 is 9.68. The van der Waals surface area contributed by atoms with Crippen LogP contribution >= 0.6 is 0 Å². The second-order valence-corrected chi connectivity index (χ2v) is 3.76. The molecular weight excluding hydrogens is 208 g/mol. The molecule has 0 atom stereocenters. The second kappa shape index (κ2) is 4.88. The van der Waals surface area contributed by atoms with Crippen molar-refractivity contribution in [2.45, 2.75) is 19.8 Å². The van der Waals surface area contributed by atoms with E-state index in [0.29, 0.717) is 16.9 Å². The summed E-state index contributed by atoms with van der Waals surface area (Å²) in [5.74, 6) is 0.0846. The van der Waals surface area contributed by atoms with E-state index in [9.17, 15) is 9.90 Å². The van der Waals surface area contributed by atoms with Crippen molar-refractivity contribution >= 4 is 5.97 Å². The lowest BCUT2D eigenvalue weighted by Crippen LogP contribution is -2.05. The molecule has 0 radical (unpaired) electrons. The van der Waals surface area contributed by atoms with Crippen LogP contribution in [-0.2, 0) is 4.74 Å². The van der Waals surface area contributed by atoms with Gasteiger partial charge >= 0.3 is 5.97 Å². The van der Waals surface area contributed by atoms with Gasteiger partial charge in [-0.15, -0.1) is 0 Å². The molecule has 0 fully saturated rings. The number of hydrogen-bond donors (Lipinski definition) is 1. The summed E-state index contributed by atoms with van der Waals surface area (Å²) in [6.07, 6.45) is 0. The lowest BCUT2D eigenvalue weighted by Gasteiger charge is -2.13. The highest BCUT2D eigenvalue weighted by atomic mass is 16.5. The van der Waals surface area contributed by atoms with Gasteiger partial charge in [0.25, 0.3) is 0 Å². The van der Waals surface area contributed by atoms with Gasteiger partial charge in [-0.25, -0.2) is 4.79 Å². The van der Waals surface area contributed by atoms with Gasteiger partial charge in [-0.1, -0.05) is 13.8 Å². The number of methoxy groups -OCH3 is 2. The number of phenols is 1. The van der Waals surface area contributed by atoms with E-state index in [-0.39, 0.29) is 11.7 Å². The van der Waals surface area contributed by atoms with E-state index >= 15 is 0 Å². The lowest BCUT2D eigenvalue weighted by atomic mass is 9.99. The summed E-state index contributed by atoms with van der Waals surface area (Å²) in [7, 11) is 2.75. The Hall–Kier alpha value is -1.71. The first kappa shape index (κ1) is 12.4. The van der Waals surface area contributed by atoms with Crippen molar-refractivity contribution in [1.82, 2.24) is 0 Å². The molecule has 4 nitrogen and oxygen atoms in total. The molecule has 0 saturated heterocycles. The zero-order chi connectivity index (χ0) is 12.3. The van der Waals surface area contributed by atoms with Crippen molar-refractivity contribution in [1.29, 1.82) is 0 Å². The van der Waals surface area contributed by atoms with Crippen molar-refractivity contribution in [2.75, 3.05) is 14.2 Å². The molecule has 0 unspecified atom stereocenters. The summed E-state index contributed by atoms with van der Waals surface area (Å²) in [5.41, 5.74) is 1.02. The van der Waals surface area contributed by atoms with Crippen molar-refractivity contribution in [2.24, 2.45) is 0 Å². The van der Waals surface area contributed by atoms with Gasteiger partial charge in [0.2, 0.25) is 0 Å². The van der Waals surface area contributed by atoms with Gasteiger partial charge in [0, 0.05) is 6.07 Å². The number of esters is 1. The molecule has 0 aliphatic rings. The summed E-state index contributed by atoms with van der Waals surface area (Å²) in [5, 5.41) is 9.74. The maximum atomic E-state index is 11.5. The molecule has 0 amide bonds. The minimum Gasteiger partial charge on any atom is -0.508 e. The Morgan fingerprint density at radius 2 is 1.94 bits per heavy atom. The number of benzene rings is 1. The Morgan fingerprint density at radius 3 is 2.38 bits per heavy atom. The topological polar surface area (TPSA) is 55.8 Å². The Balaban J connectivity index is 3.34. The number of aromatic hydroxyl groups is 1. The molecule has 0 saturated carbocycles. The molecule has 0 aliphatic carbocycles. The molecule has 88 valence electrons. The first-order chi connectivity index (χ1) is 7.51. The third-order valence-corrected chi connectivity index (χ3v) is 2.38. The van der Waals surface area contributed by atoms with E-state index in [1.54, 1.807) is 6.07 Å². The van der Waals surface area contributed by atoms with Crippen LogP contribution in [0.2, 0.25) is 0 Å². The third-order valence-electron chi connectivity index (χ3n) is 2.38. The normalized spacial score (nSPS) is 10.3. The minimum absolute atomic E-state index is 0.120. The fourth-order valence-corrected chi connectivity index (χ4v) is 1.49. The Labute approximate surface area is 94.8 Å². The largest absolute Gasteiger partial charge is 0.508 e. The van der Waals surface area contributed by atoms with Crippen LogP contribution in [0, 0.1) is 0 Å². The quantitative estimate of drug-likeness (QED) is 0.800. The van der Waals surface area contributed by atoms with E-state index in [1.807, 2.05) is 13.8 Å². The molecule has 0 bridgehead atoms. The highest BCUT2D eigenvalue weighted by Crippen LogP contribution is 2.32. The van der Waals surface area contributed by atoms with Gasteiger partial charge in [0.05, 0.1) is 14.2 Å².